The monoisotopic (exact) mass is 290 g/mol. The maximum Gasteiger partial charge on any atom is 0.343 e. The van der Waals surface area contributed by atoms with Crippen LogP contribution in [0.4, 0.5) is 5.00 Å². The molecule has 0 aliphatic carbocycles. The first-order valence-corrected chi connectivity index (χ1v) is 7.34. The van der Waals surface area contributed by atoms with Crippen LogP contribution in [0.2, 0.25) is 0 Å². The minimum absolute atomic E-state index is 0.298. The first-order valence-electron chi connectivity index (χ1n) is 6.57. The van der Waals surface area contributed by atoms with Crippen molar-refractivity contribution in [2.45, 2.75) is 19.8 Å². The quantitative estimate of drug-likeness (QED) is 0.655. The molecule has 0 saturated carbocycles. The van der Waals surface area contributed by atoms with Crippen molar-refractivity contribution in [3.63, 3.8) is 0 Å². The van der Waals surface area contributed by atoms with Crippen molar-refractivity contribution in [2.24, 2.45) is 0 Å². The smallest absolute Gasteiger partial charge is 0.343 e. The molecule has 0 radical (unpaired) electrons. The maximum atomic E-state index is 12.0. The van der Waals surface area contributed by atoms with Crippen LogP contribution < -0.4 is 5.32 Å². The number of benzene rings is 1. The molecule has 2 rings (SSSR count). The molecule has 1 aromatic heterocycles. The van der Waals surface area contributed by atoms with E-state index in [0.29, 0.717) is 17.9 Å². The third-order valence-corrected chi connectivity index (χ3v) is 3.94. The molecular weight excluding hydrogens is 272 g/mol. The van der Waals surface area contributed by atoms with Crippen molar-refractivity contribution < 1.29 is 9.53 Å². The highest BCUT2D eigenvalue weighted by atomic mass is 32.1. The van der Waals surface area contributed by atoms with Gasteiger partial charge >= 0.3 is 5.97 Å². The van der Waals surface area contributed by atoms with E-state index in [9.17, 15) is 4.79 Å². The van der Waals surface area contributed by atoms with Gasteiger partial charge in [0.15, 0.2) is 0 Å². The van der Waals surface area contributed by atoms with Crippen molar-refractivity contribution in [1.29, 1.82) is 0 Å². The van der Waals surface area contributed by atoms with Gasteiger partial charge in [0.25, 0.3) is 0 Å². The fraction of sp³-hybridized carbons (Fsp3) is 0.333. The molecular formula is C15H18N2O2S. The summed E-state index contributed by atoms with van der Waals surface area (Å²) in [5.41, 5.74) is 2.53. The minimum Gasteiger partial charge on any atom is -0.462 e. The number of rotatable bonds is 6. The molecule has 0 aliphatic rings. The number of hydrogen-bond donors (Lipinski definition) is 1. The molecule has 0 fully saturated rings. The molecule has 0 aliphatic heterocycles. The van der Waals surface area contributed by atoms with E-state index in [1.54, 1.807) is 7.05 Å². The summed E-state index contributed by atoms with van der Waals surface area (Å²) in [4.78, 5) is 12.0. The van der Waals surface area contributed by atoms with Gasteiger partial charge in [0.05, 0.1) is 12.3 Å². The average molecular weight is 290 g/mol. The lowest BCUT2D eigenvalue weighted by atomic mass is 10.1. The Bertz CT molecular complexity index is 567. The first-order chi connectivity index (χ1) is 9.72. The van der Waals surface area contributed by atoms with E-state index >= 15 is 0 Å². The number of nitrogens with one attached hydrogen (secondary N) is 1. The highest BCUT2D eigenvalue weighted by molar-refractivity contribution is 7.10. The average Bonchev–Trinajstić information content (AvgIpc) is 2.85. The Hall–Kier alpha value is -1.88. The highest BCUT2D eigenvalue weighted by Crippen LogP contribution is 2.24. The summed E-state index contributed by atoms with van der Waals surface area (Å²) < 4.78 is 9.48. The van der Waals surface area contributed by atoms with E-state index in [1.807, 2.05) is 25.1 Å². The Morgan fingerprint density at radius 2 is 2.10 bits per heavy atom. The van der Waals surface area contributed by atoms with E-state index in [1.165, 1.54) is 17.1 Å². The maximum absolute atomic E-state index is 12.0. The van der Waals surface area contributed by atoms with Crippen molar-refractivity contribution >= 4 is 22.5 Å². The number of aromatic nitrogens is 1. The second kappa shape index (κ2) is 7.05. The molecule has 1 N–H and O–H groups in total. The van der Waals surface area contributed by atoms with E-state index in [-0.39, 0.29) is 5.97 Å². The zero-order valence-electron chi connectivity index (χ0n) is 11.7. The second-order valence-electron chi connectivity index (χ2n) is 4.45. The van der Waals surface area contributed by atoms with Crippen molar-refractivity contribution in [3.05, 3.63) is 47.2 Å². The molecule has 1 heterocycles. The van der Waals surface area contributed by atoms with Gasteiger partial charge in [0.1, 0.15) is 10.6 Å². The Morgan fingerprint density at radius 1 is 1.35 bits per heavy atom. The van der Waals surface area contributed by atoms with Gasteiger partial charge in [-0.1, -0.05) is 30.3 Å². The van der Waals surface area contributed by atoms with Crippen LogP contribution in [0.1, 0.15) is 28.0 Å². The lowest BCUT2D eigenvalue weighted by Crippen LogP contribution is -2.09. The summed E-state index contributed by atoms with van der Waals surface area (Å²) in [6.07, 6.45) is 1.73. The number of aryl methyl sites for hydroxylation is 2. The van der Waals surface area contributed by atoms with Gasteiger partial charge in [-0.2, -0.15) is 4.37 Å². The summed E-state index contributed by atoms with van der Waals surface area (Å²) in [7, 11) is 1.78. The molecule has 1 aromatic carbocycles. The van der Waals surface area contributed by atoms with Crippen LogP contribution in [-0.2, 0) is 11.2 Å². The van der Waals surface area contributed by atoms with Gasteiger partial charge in [-0.15, -0.1) is 0 Å². The predicted molar refractivity (Wildman–Crippen MR) is 81.4 cm³/mol. The topological polar surface area (TPSA) is 51.2 Å². The normalized spacial score (nSPS) is 10.3. The summed E-state index contributed by atoms with van der Waals surface area (Å²) in [5.74, 6) is -0.298. The summed E-state index contributed by atoms with van der Waals surface area (Å²) in [6.45, 7) is 2.24. The lowest BCUT2D eigenvalue weighted by Gasteiger charge is -2.06. The minimum atomic E-state index is -0.298. The Morgan fingerprint density at radius 3 is 2.80 bits per heavy atom. The number of carbonyl (C=O) groups excluding carboxylic acids is 1. The molecule has 2 aromatic rings. The first kappa shape index (κ1) is 14.5. The molecule has 0 amide bonds. The number of ether oxygens (including phenoxy) is 1. The number of esters is 1. The van der Waals surface area contributed by atoms with Crippen LogP contribution in [0.3, 0.4) is 0 Å². The van der Waals surface area contributed by atoms with Gasteiger partial charge in [0.2, 0.25) is 0 Å². The van der Waals surface area contributed by atoms with E-state index in [0.717, 1.165) is 17.8 Å². The number of anilines is 1. The zero-order chi connectivity index (χ0) is 14.4. The Balaban J connectivity index is 1.82. The molecule has 4 nitrogen and oxygen atoms in total. The van der Waals surface area contributed by atoms with Crippen LogP contribution >= 0.6 is 11.5 Å². The van der Waals surface area contributed by atoms with Gasteiger partial charge in [-0.05, 0) is 36.9 Å². The SMILES string of the molecule is CNc1snc(C)c1C(=O)OCCCc1ccccc1. The number of carbonyl (C=O) groups is 1. The molecule has 0 spiro atoms. The molecule has 0 bridgehead atoms. The van der Waals surface area contributed by atoms with Gasteiger partial charge < -0.3 is 10.1 Å². The molecule has 20 heavy (non-hydrogen) atoms. The lowest BCUT2D eigenvalue weighted by molar-refractivity contribution is 0.0501. The number of hydrogen-bond acceptors (Lipinski definition) is 5. The van der Waals surface area contributed by atoms with Crippen LogP contribution in [0.25, 0.3) is 0 Å². The largest absolute Gasteiger partial charge is 0.462 e. The fourth-order valence-electron chi connectivity index (χ4n) is 1.94. The standard InChI is InChI=1S/C15H18N2O2S/c1-11-13(14(16-2)20-17-11)15(18)19-10-6-9-12-7-4-3-5-8-12/h3-5,7-8,16H,6,9-10H2,1-2H3. The predicted octanol–water partition coefficient (Wildman–Crippen LogP) is 3.28. The van der Waals surface area contributed by atoms with E-state index < -0.39 is 0 Å². The molecule has 0 unspecified atom stereocenters. The Labute approximate surface area is 123 Å². The molecule has 5 heteroatoms. The third kappa shape index (κ3) is 3.57. The van der Waals surface area contributed by atoms with Gasteiger partial charge in [-0.3, -0.25) is 0 Å². The highest BCUT2D eigenvalue weighted by Gasteiger charge is 2.18. The van der Waals surface area contributed by atoms with Crippen LogP contribution in [0, 0.1) is 6.92 Å². The van der Waals surface area contributed by atoms with E-state index in [2.05, 4.69) is 21.8 Å². The summed E-state index contributed by atoms with van der Waals surface area (Å²) in [6, 6.07) is 10.2. The summed E-state index contributed by atoms with van der Waals surface area (Å²) in [5, 5.41) is 3.73. The molecule has 106 valence electrons. The van der Waals surface area contributed by atoms with Crippen molar-refractivity contribution in [1.82, 2.24) is 4.37 Å². The van der Waals surface area contributed by atoms with Crippen molar-refractivity contribution in [3.8, 4) is 0 Å². The Kier molecular flexibility index (Phi) is 5.12. The second-order valence-corrected chi connectivity index (χ2v) is 5.22. The summed E-state index contributed by atoms with van der Waals surface area (Å²) >= 11 is 1.28. The number of nitrogens with zero attached hydrogens (tertiary/aromatic N) is 1. The van der Waals surface area contributed by atoms with Crippen LogP contribution in [0.15, 0.2) is 30.3 Å². The fourth-order valence-corrected chi connectivity index (χ4v) is 2.67. The van der Waals surface area contributed by atoms with Gasteiger partial charge in [0, 0.05) is 7.05 Å². The van der Waals surface area contributed by atoms with E-state index in [4.69, 9.17) is 4.74 Å². The molecule has 0 atom stereocenters. The third-order valence-electron chi connectivity index (χ3n) is 2.98. The van der Waals surface area contributed by atoms with Crippen molar-refractivity contribution in [2.75, 3.05) is 19.0 Å². The van der Waals surface area contributed by atoms with Crippen LogP contribution in [-0.4, -0.2) is 24.0 Å². The van der Waals surface area contributed by atoms with Crippen LogP contribution in [0.5, 0.6) is 0 Å². The molecule has 0 saturated heterocycles. The zero-order valence-corrected chi connectivity index (χ0v) is 12.5. The van der Waals surface area contributed by atoms with Gasteiger partial charge in [-0.25, -0.2) is 4.79 Å².